The van der Waals surface area contributed by atoms with Crippen molar-refractivity contribution >= 4 is 45.2 Å². The van der Waals surface area contributed by atoms with E-state index in [0.29, 0.717) is 3.42 Å². The predicted molar refractivity (Wildman–Crippen MR) is 51.6 cm³/mol. The van der Waals surface area contributed by atoms with Crippen LogP contribution in [0.4, 0.5) is 0 Å². The van der Waals surface area contributed by atoms with Crippen LogP contribution in [0.25, 0.3) is 0 Å². The summed E-state index contributed by atoms with van der Waals surface area (Å²) in [5.41, 5.74) is 0. The first-order valence-corrected chi connectivity index (χ1v) is 4.60. The Hall–Kier alpha value is 1.46. The fraction of sp³-hybridized carbons (Fsp3) is 1.00. The summed E-state index contributed by atoms with van der Waals surface area (Å²) in [6, 6.07) is 0. The molecule has 0 aliphatic heterocycles. The van der Waals surface area contributed by atoms with Crippen LogP contribution in [-0.4, -0.2) is 7.35 Å². The van der Waals surface area contributed by atoms with Crippen molar-refractivity contribution in [3.8, 4) is 0 Å². The smallest absolute Gasteiger partial charge is 0.0280 e. The molecule has 0 spiro atoms. The van der Waals surface area contributed by atoms with Crippen LogP contribution in [0.15, 0.2) is 0 Å². The summed E-state index contributed by atoms with van der Waals surface area (Å²) in [5.74, 6) is 0. The third-order valence-electron chi connectivity index (χ3n) is 0.946. The predicted octanol–water partition coefficient (Wildman–Crippen LogP) is 3.02. The second-order valence-electron chi connectivity index (χ2n) is 2.18. The van der Waals surface area contributed by atoms with Gasteiger partial charge in [-0.2, -0.15) is 0 Å². The van der Waals surface area contributed by atoms with Crippen molar-refractivity contribution in [3.63, 3.8) is 0 Å². The highest BCUT2D eigenvalue weighted by Gasteiger charge is 2.17. The van der Waals surface area contributed by atoms with E-state index in [1.54, 1.807) is 0 Å². The van der Waals surface area contributed by atoms with Crippen molar-refractivity contribution in [2.45, 2.75) is 28.1 Å². The largest absolute Gasteiger partial charge is 0.0815 e. The molecule has 0 nitrogen and oxygen atoms in total. The highest BCUT2D eigenvalue weighted by atomic mass is 127. The van der Waals surface area contributed by atoms with Crippen LogP contribution in [0.2, 0.25) is 0 Å². The molecule has 0 amide bonds. The van der Waals surface area contributed by atoms with E-state index in [1.165, 1.54) is 0 Å². The molecule has 2 heteroatoms. The Balaban J connectivity index is 3.54. The van der Waals surface area contributed by atoms with Gasteiger partial charge in [0.25, 0.3) is 0 Å². The summed E-state index contributed by atoms with van der Waals surface area (Å²) in [6.45, 7) is 6.71. The quantitative estimate of drug-likeness (QED) is 0.514. The Morgan fingerprint density at radius 2 is 1.57 bits per heavy atom. The van der Waals surface area contributed by atoms with E-state index in [0.717, 1.165) is 3.92 Å². The molecule has 44 valence electrons. The van der Waals surface area contributed by atoms with E-state index >= 15 is 0 Å². The fourth-order valence-corrected chi connectivity index (χ4v) is 0. The average molecular weight is 324 g/mol. The van der Waals surface area contributed by atoms with Gasteiger partial charge in [0.05, 0.1) is 0 Å². The summed E-state index contributed by atoms with van der Waals surface area (Å²) < 4.78 is 1.21. The van der Waals surface area contributed by atoms with Crippen LogP contribution in [0, 0.1) is 0 Å². The van der Waals surface area contributed by atoms with Crippen LogP contribution < -0.4 is 0 Å². The van der Waals surface area contributed by atoms with E-state index in [9.17, 15) is 0 Å². The lowest BCUT2D eigenvalue weighted by Gasteiger charge is -2.18. The van der Waals surface area contributed by atoms with Crippen molar-refractivity contribution in [2.75, 3.05) is 0 Å². The van der Waals surface area contributed by atoms with Gasteiger partial charge in [-0.1, -0.05) is 52.1 Å². The van der Waals surface area contributed by atoms with E-state index < -0.39 is 0 Å². The van der Waals surface area contributed by atoms with Gasteiger partial charge in [0.1, 0.15) is 0 Å². The van der Waals surface area contributed by atoms with Crippen molar-refractivity contribution in [1.82, 2.24) is 0 Å². The minimum atomic E-state index is 0.457. The summed E-state index contributed by atoms with van der Waals surface area (Å²) in [7, 11) is 0. The molecule has 0 radical (unpaired) electrons. The third kappa shape index (κ3) is 4.00. The summed E-state index contributed by atoms with van der Waals surface area (Å²) in [6.07, 6.45) is 0. The van der Waals surface area contributed by atoms with Crippen LogP contribution in [0.1, 0.15) is 20.8 Å². The van der Waals surface area contributed by atoms with Gasteiger partial charge >= 0.3 is 0 Å². The molecule has 0 aliphatic rings. The summed E-state index contributed by atoms with van der Waals surface area (Å²) >= 11 is 4.90. The number of alkyl halides is 2. The van der Waals surface area contributed by atoms with Gasteiger partial charge in [-0.3, -0.25) is 0 Å². The lowest BCUT2D eigenvalue weighted by molar-refractivity contribution is 0.758. The zero-order valence-electron chi connectivity index (χ0n) is 4.83. The minimum absolute atomic E-state index is 0.457. The first-order chi connectivity index (χ1) is 2.94. The highest BCUT2D eigenvalue weighted by molar-refractivity contribution is 14.1. The maximum absolute atomic E-state index is 2.46. The molecular weight excluding hydrogens is 314 g/mol. The first-order valence-electron chi connectivity index (χ1n) is 2.27. The molecule has 1 atom stereocenters. The van der Waals surface area contributed by atoms with Gasteiger partial charge in [0.2, 0.25) is 0 Å². The maximum Gasteiger partial charge on any atom is 0.0280 e. The van der Waals surface area contributed by atoms with Gasteiger partial charge in [0, 0.05) is 7.35 Å². The molecule has 0 aromatic heterocycles. The Morgan fingerprint density at radius 3 is 1.57 bits per heavy atom. The number of hydrogen-bond acceptors (Lipinski definition) is 0. The van der Waals surface area contributed by atoms with E-state index in [4.69, 9.17) is 0 Å². The normalized spacial score (nSPS) is 16.7. The number of halogens is 2. The standard InChI is InChI=1S/C5H10I2/c1-4(6)5(2,3)7/h4H,1-3H3/t4-/m0/s1. The van der Waals surface area contributed by atoms with Gasteiger partial charge in [-0.25, -0.2) is 0 Å². The van der Waals surface area contributed by atoms with Crippen molar-refractivity contribution < 1.29 is 0 Å². The maximum atomic E-state index is 2.46. The average Bonchev–Trinajstić information content (AvgIpc) is 1.31. The topological polar surface area (TPSA) is 0 Å². The SMILES string of the molecule is C[C@H](I)C(C)(C)I. The second kappa shape index (κ2) is 2.85. The molecule has 7 heavy (non-hydrogen) atoms. The number of hydrogen-bond donors (Lipinski definition) is 0. The fourth-order valence-electron chi connectivity index (χ4n) is 0. The zero-order chi connectivity index (χ0) is 6.08. The van der Waals surface area contributed by atoms with Crippen LogP contribution in [-0.2, 0) is 0 Å². The lowest BCUT2D eigenvalue weighted by atomic mass is 10.2. The van der Waals surface area contributed by atoms with Crippen LogP contribution in [0.3, 0.4) is 0 Å². The molecule has 0 fully saturated rings. The monoisotopic (exact) mass is 324 g/mol. The lowest BCUT2D eigenvalue weighted by Crippen LogP contribution is -2.19. The first kappa shape index (κ1) is 8.46. The molecule has 0 unspecified atom stereocenters. The Bertz CT molecular complexity index is 51.6. The molecule has 0 N–H and O–H groups in total. The molecular formula is C5H10I2. The van der Waals surface area contributed by atoms with Crippen LogP contribution >= 0.6 is 45.2 Å². The van der Waals surface area contributed by atoms with Gasteiger partial charge in [-0.05, 0) is 13.8 Å². The van der Waals surface area contributed by atoms with E-state index in [1.807, 2.05) is 0 Å². The molecule has 0 bridgehead atoms. The molecule has 0 aromatic rings. The van der Waals surface area contributed by atoms with Crippen molar-refractivity contribution in [3.05, 3.63) is 0 Å². The molecule has 0 heterocycles. The zero-order valence-corrected chi connectivity index (χ0v) is 9.15. The summed E-state index contributed by atoms with van der Waals surface area (Å²) in [5, 5.41) is 0. The number of rotatable bonds is 1. The van der Waals surface area contributed by atoms with Crippen molar-refractivity contribution in [1.29, 1.82) is 0 Å². The Morgan fingerprint density at radius 1 is 1.43 bits per heavy atom. The minimum Gasteiger partial charge on any atom is -0.0815 e. The second-order valence-corrected chi connectivity index (χ2v) is 6.83. The van der Waals surface area contributed by atoms with E-state index in [2.05, 4.69) is 66.0 Å². The van der Waals surface area contributed by atoms with Crippen molar-refractivity contribution in [2.24, 2.45) is 0 Å². The third-order valence-corrected chi connectivity index (χ3v) is 4.63. The highest BCUT2D eigenvalue weighted by Crippen LogP contribution is 2.26. The Kier molecular flexibility index (Phi) is 3.44. The van der Waals surface area contributed by atoms with Gasteiger partial charge in [0.15, 0.2) is 0 Å². The molecule has 0 rings (SSSR count). The molecule has 0 saturated heterocycles. The molecule has 0 aliphatic carbocycles. The van der Waals surface area contributed by atoms with E-state index in [-0.39, 0.29) is 0 Å². The Labute approximate surface area is 72.7 Å². The molecule has 0 saturated carbocycles. The van der Waals surface area contributed by atoms with Gasteiger partial charge in [-0.15, -0.1) is 0 Å². The molecule has 0 aromatic carbocycles. The van der Waals surface area contributed by atoms with Crippen LogP contribution in [0.5, 0.6) is 0 Å². The summed E-state index contributed by atoms with van der Waals surface area (Å²) in [4.78, 5) is 0. The van der Waals surface area contributed by atoms with Gasteiger partial charge < -0.3 is 0 Å².